The van der Waals surface area contributed by atoms with Gasteiger partial charge in [0, 0.05) is 5.92 Å². The van der Waals surface area contributed by atoms with E-state index in [2.05, 4.69) is 15.9 Å². The number of methoxy groups -OCH3 is 1. The molecular weight excluding hydrogens is 581 g/mol. The number of ether oxygens (including phenoxy) is 1. The number of urea groups is 1. The number of phenols is 1. The van der Waals surface area contributed by atoms with Crippen LogP contribution in [-0.4, -0.2) is 66.9 Å². The van der Waals surface area contributed by atoms with Crippen LogP contribution in [0.15, 0.2) is 29.8 Å². The molecule has 1 aromatic carbocycles. The summed E-state index contributed by atoms with van der Waals surface area (Å²) >= 11 is 17.3. The van der Waals surface area contributed by atoms with Gasteiger partial charge in [0.25, 0.3) is 11.8 Å². The molecule has 36 heavy (non-hydrogen) atoms. The van der Waals surface area contributed by atoms with E-state index in [9.17, 15) is 29.1 Å². The number of rotatable bonds is 3. The van der Waals surface area contributed by atoms with Crippen LogP contribution in [0.5, 0.6) is 11.5 Å². The summed E-state index contributed by atoms with van der Waals surface area (Å²) in [5.74, 6) is -6.66. The van der Waals surface area contributed by atoms with Gasteiger partial charge in [0.15, 0.2) is 21.2 Å². The lowest BCUT2D eigenvalue weighted by Crippen LogP contribution is -2.60. The molecule has 2 saturated heterocycles. The maximum Gasteiger partial charge on any atom is 0.328 e. The highest BCUT2D eigenvalue weighted by Gasteiger charge is 2.76. The molecule has 2 aliphatic carbocycles. The second kappa shape index (κ2) is 8.19. The predicted molar refractivity (Wildman–Crippen MR) is 129 cm³/mol. The van der Waals surface area contributed by atoms with Crippen LogP contribution in [0.2, 0.25) is 0 Å². The molecule has 190 valence electrons. The highest BCUT2D eigenvalue weighted by atomic mass is 79.9. The highest BCUT2D eigenvalue weighted by molar-refractivity contribution is 9.09. The number of carbonyl (C=O) groups is 5. The zero-order chi connectivity index (χ0) is 26.3. The molecule has 2 heterocycles. The first kappa shape index (κ1) is 25.0. The van der Waals surface area contributed by atoms with Crippen molar-refractivity contribution in [2.24, 2.45) is 23.5 Å². The minimum absolute atomic E-state index is 0.100. The first-order chi connectivity index (χ1) is 16.9. The van der Waals surface area contributed by atoms with Crippen LogP contribution < -0.4 is 10.5 Å². The number of imide groups is 4. The number of aromatic hydroxyl groups is 1. The van der Waals surface area contributed by atoms with Crippen LogP contribution in [-0.2, 0) is 19.2 Å². The molecule has 0 radical (unpaired) electrons. The third-order valence-corrected chi connectivity index (χ3v) is 9.69. The predicted octanol–water partition coefficient (Wildman–Crippen LogP) is 2.19. The van der Waals surface area contributed by atoms with Crippen molar-refractivity contribution in [3.05, 3.63) is 35.4 Å². The van der Waals surface area contributed by atoms with Gasteiger partial charge in [0.05, 0.1) is 24.4 Å². The summed E-state index contributed by atoms with van der Waals surface area (Å²) in [5, 5.41) is 10.1. The zero-order valence-corrected chi connectivity index (χ0v) is 21.8. The number of hydrogen-bond acceptors (Lipinski definition) is 7. The van der Waals surface area contributed by atoms with Crippen molar-refractivity contribution in [3.63, 3.8) is 0 Å². The standard InChI is InChI=1S/C23H20BrCl2N3O7/c1-36-14-6-9(2-5-13(14)30)16-10-3-4-11-15(18(32)29(17(11)31)21(27)35)12(10)7-22(25)19(33)28(8-24)20(34)23(16,22)26/h2-3,5-6,11-12,15-16,30H,4,7-8H2,1H3,(H2,27,35). The maximum atomic E-state index is 13.6. The van der Waals surface area contributed by atoms with E-state index in [1.807, 2.05) is 0 Å². The molecule has 3 fully saturated rings. The highest BCUT2D eigenvalue weighted by Crippen LogP contribution is 2.65. The Morgan fingerprint density at radius 2 is 1.89 bits per heavy atom. The van der Waals surface area contributed by atoms with E-state index in [1.165, 1.54) is 25.3 Å². The number of nitrogens with two attached hydrogens (primary N) is 1. The van der Waals surface area contributed by atoms with Crippen LogP contribution in [0, 0.1) is 17.8 Å². The number of carbonyl (C=O) groups excluding carboxylic acids is 5. The van der Waals surface area contributed by atoms with Gasteiger partial charge in [-0.25, -0.2) is 4.79 Å². The third-order valence-electron chi connectivity index (χ3n) is 7.77. The summed E-state index contributed by atoms with van der Waals surface area (Å²) < 4.78 is 5.24. The van der Waals surface area contributed by atoms with Crippen molar-refractivity contribution in [2.45, 2.75) is 28.5 Å². The van der Waals surface area contributed by atoms with E-state index in [-0.39, 0.29) is 29.8 Å². The van der Waals surface area contributed by atoms with Gasteiger partial charge in [-0.05, 0) is 36.5 Å². The van der Waals surface area contributed by atoms with Crippen molar-refractivity contribution in [3.8, 4) is 11.5 Å². The summed E-state index contributed by atoms with van der Waals surface area (Å²) in [4.78, 5) is 62.5. The molecule has 6 amide bonds. The van der Waals surface area contributed by atoms with Crippen LogP contribution in [0.3, 0.4) is 0 Å². The van der Waals surface area contributed by atoms with E-state index in [0.29, 0.717) is 16.0 Å². The average Bonchev–Trinajstić information content (AvgIpc) is 3.18. The summed E-state index contributed by atoms with van der Waals surface area (Å²) in [6.45, 7) is 0. The molecule has 13 heteroatoms. The molecule has 2 aliphatic heterocycles. The molecule has 6 atom stereocenters. The Kier molecular flexibility index (Phi) is 5.70. The Labute approximate surface area is 223 Å². The van der Waals surface area contributed by atoms with E-state index < -0.39 is 63.1 Å². The lowest BCUT2D eigenvalue weighted by Gasteiger charge is -2.50. The molecule has 0 spiro atoms. The number of likely N-dealkylation sites (tertiary alicyclic amines) is 2. The van der Waals surface area contributed by atoms with Gasteiger partial charge in [-0.1, -0.05) is 33.6 Å². The SMILES string of the molecule is COc1cc(C2C3=CCC4C(=O)N(C(N)=O)C(=O)C4C3CC3(Cl)C(=O)N(CBr)C(=O)C23Cl)ccc1O. The van der Waals surface area contributed by atoms with E-state index in [4.69, 9.17) is 33.7 Å². The smallest absolute Gasteiger partial charge is 0.328 e. The number of hydrogen-bond donors (Lipinski definition) is 2. The van der Waals surface area contributed by atoms with E-state index >= 15 is 0 Å². The fourth-order valence-corrected chi connectivity index (χ4v) is 7.64. The number of alkyl halides is 3. The lowest BCUT2D eigenvalue weighted by atomic mass is 9.56. The van der Waals surface area contributed by atoms with Gasteiger partial charge in [-0.2, -0.15) is 4.90 Å². The largest absolute Gasteiger partial charge is 0.504 e. The monoisotopic (exact) mass is 599 g/mol. The Morgan fingerprint density at radius 1 is 1.19 bits per heavy atom. The number of phenolic OH excluding ortho intramolecular Hbond substituents is 1. The number of allylic oxidation sites excluding steroid dienone is 2. The van der Waals surface area contributed by atoms with Crippen molar-refractivity contribution in [1.82, 2.24) is 9.80 Å². The summed E-state index contributed by atoms with van der Waals surface area (Å²) in [5.41, 5.74) is 6.12. The van der Waals surface area contributed by atoms with Gasteiger partial charge in [0.2, 0.25) is 11.8 Å². The Balaban J connectivity index is 1.74. The minimum atomic E-state index is -1.98. The number of nitrogens with zero attached hydrogens (tertiary/aromatic N) is 2. The Hall–Kier alpha value is -2.63. The molecule has 4 aliphatic rings. The van der Waals surface area contributed by atoms with Crippen LogP contribution in [0.4, 0.5) is 4.79 Å². The molecule has 0 bridgehead atoms. The molecule has 3 N–H and O–H groups in total. The second-order valence-corrected chi connectivity index (χ2v) is 11.0. The van der Waals surface area contributed by atoms with Gasteiger partial charge < -0.3 is 15.6 Å². The van der Waals surface area contributed by atoms with Gasteiger partial charge in [-0.15, -0.1) is 23.2 Å². The summed E-state index contributed by atoms with van der Waals surface area (Å²) in [6.07, 6.45) is 1.61. The number of benzene rings is 1. The third kappa shape index (κ3) is 2.93. The van der Waals surface area contributed by atoms with Crippen molar-refractivity contribution >= 4 is 68.8 Å². The fraction of sp³-hybridized carbons (Fsp3) is 0.435. The molecule has 5 rings (SSSR count). The van der Waals surface area contributed by atoms with E-state index in [1.54, 1.807) is 6.08 Å². The Bertz CT molecular complexity index is 1290. The number of halogens is 3. The first-order valence-corrected chi connectivity index (χ1v) is 12.9. The minimum Gasteiger partial charge on any atom is -0.504 e. The molecule has 1 aromatic rings. The fourth-order valence-electron chi connectivity index (χ4n) is 6.22. The van der Waals surface area contributed by atoms with Crippen LogP contribution >= 0.6 is 39.1 Å². The quantitative estimate of drug-likeness (QED) is 0.234. The first-order valence-electron chi connectivity index (χ1n) is 11.0. The van der Waals surface area contributed by atoms with Gasteiger partial charge in [-0.3, -0.25) is 24.1 Å². The lowest BCUT2D eigenvalue weighted by molar-refractivity contribution is -0.139. The molecule has 6 unspecified atom stereocenters. The van der Waals surface area contributed by atoms with Gasteiger partial charge in [0.1, 0.15) is 0 Å². The summed E-state index contributed by atoms with van der Waals surface area (Å²) in [7, 11) is 1.35. The second-order valence-electron chi connectivity index (χ2n) is 9.27. The van der Waals surface area contributed by atoms with E-state index in [0.717, 1.165) is 4.90 Å². The summed E-state index contributed by atoms with van der Waals surface area (Å²) in [6, 6.07) is 3.21. The molecule has 10 nitrogen and oxygen atoms in total. The average molecular weight is 601 g/mol. The van der Waals surface area contributed by atoms with Crippen LogP contribution in [0.1, 0.15) is 24.3 Å². The van der Waals surface area contributed by atoms with Crippen LogP contribution in [0.25, 0.3) is 0 Å². The van der Waals surface area contributed by atoms with Gasteiger partial charge >= 0.3 is 6.03 Å². The van der Waals surface area contributed by atoms with Crippen molar-refractivity contribution in [1.29, 1.82) is 0 Å². The molecule has 1 saturated carbocycles. The topological polar surface area (TPSA) is 147 Å². The molecular formula is C23H20BrCl2N3O7. The number of fused-ring (bicyclic) bond motifs is 4. The van der Waals surface area contributed by atoms with Crippen molar-refractivity contribution in [2.75, 3.05) is 12.6 Å². The van der Waals surface area contributed by atoms with Crippen molar-refractivity contribution < 1.29 is 33.8 Å². The normalized spacial score (nSPS) is 35.4. The number of amides is 6. The zero-order valence-electron chi connectivity index (χ0n) is 18.7. The Morgan fingerprint density at radius 3 is 2.50 bits per heavy atom. The molecule has 0 aromatic heterocycles. The maximum absolute atomic E-state index is 13.6. The number of primary amides is 1.